The van der Waals surface area contributed by atoms with Crippen LogP contribution in [0.5, 0.6) is 0 Å². The second kappa shape index (κ2) is 9.96. The molecule has 0 fully saturated rings. The van der Waals surface area contributed by atoms with E-state index in [1.807, 2.05) is 24.5 Å². The van der Waals surface area contributed by atoms with Crippen LogP contribution in [0.3, 0.4) is 0 Å². The maximum Gasteiger partial charge on any atom is 0.139 e. The smallest absolute Gasteiger partial charge is 0.139 e. The molecule has 0 aliphatic carbocycles. The van der Waals surface area contributed by atoms with Crippen molar-refractivity contribution in [1.29, 1.82) is 0 Å². The number of aromatic nitrogens is 1. The van der Waals surface area contributed by atoms with E-state index < -0.39 is 0 Å². The van der Waals surface area contributed by atoms with Gasteiger partial charge < -0.3 is 13.4 Å². The van der Waals surface area contributed by atoms with E-state index in [-0.39, 0.29) is 0 Å². The Balaban J connectivity index is 1.21. The van der Waals surface area contributed by atoms with Crippen molar-refractivity contribution < 1.29 is 8.83 Å². The lowest BCUT2D eigenvalue weighted by atomic mass is 9.85. The lowest BCUT2D eigenvalue weighted by molar-refractivity contribution is 0.614. The van der Waals surface area contributed by atoms with Gasteiger partial charge in [-0.25, -0.2) is 0 Å². The Morgan fingerprint density at radius 3 is 1.73 bits per heavy atom. The summed E-state index contributed by atoms with van der Waals surface area (Å²) in [5.41, 5.74) is 10.8. The van der Waals surface area contributed by atoms with Crippen LogP contribution in [0.25, 0.3) is 104 Å². The summed E-state index contributed by atoms with van der Waals surface area (Å²) in [6, 6.07) is 56.5. The maximum absolute atomic E-state index is 6.29. The molecule has 0 saturated heterocycles. The van der Waals surface area contributed by atoms with E-state index in [0.717, 1.165) is 44.2 Å². The first-order valence-corrected chi connectivity index (χ1v) is 16.7. The topological polar surface area (TPSA) is 31.2 Å². The summed E-state index contributed by atoms with van der Waals surface area (Å²) >= 11 is 0. The molecule has 3 nitrogen and oxygen atoms in total. The molecule has 0 bridgehead atoms. The predicted octanol–water partition coefficient (Wildman–Crippen LogP) is 13.1. The van der Waals surface area contributed by atoms with Crippen LogP contribution in [0.1, 0.15) is 0 Å². The van der Waals surface area contributed by atoms with Gasteiger partial charge in [-0.2, -0.15) is 0 Å². The number of hydrogen-bond acceptors (Lipinski definition) is 2. The predicted molar refractivity (Wildman–Crippen MR) is 204 cm³/mol. The first kappa shape index (κ1) is 26.5. The van der Waals surface area contributed by atoms with Gasteiger partial charge in [-0.3, -0.25) is 0 Å². The van der Waals surface area contributed by atoms with Crippen LogP contribution in [0.2, 0.25) is 0 Å². The number of nitrogens with zero attached hydrogens (tertiary/aromatic N) is 1. The van der Waals surface area contributed by atoms with Crippen LogP contribution < -0.4 is 0 Å². The van der Waals surface area contributed by atoms with Crippen LogP contribution >= 0.6 is 0 Å². The Kier molecular flexibility index (Phi) is 5.38. The second-order valence-corrected chi connectivity index (χ2v) is 12.9. The molecule has 3 aromatic heterocycles. The molecule has 0 aliphatic rings. The van der Waals surface area contributed by atoms with Crippen molar-refractivity contribution in [1.82, 2.24) is 4.57 Å². The molecule has 228 valence electrons. The van der Waals surface area contributed by atoms with E-state index in [9.17, 15) is 0 Å². The van der Waals surface area contributed by atoms with Gasteiger partial charge in [0.15, 0.2) is 0 Å². The van der Waals surface area contributed by atoms with E-state index in [2.05, 4.69) is 144 Å². The molecule has 0 spiro atoms. The van der Waals surface area contributed by atoms with E-state index in [0.29, 0.717) is 0 Å². The highest BCUT2D eigenvalue weighted by Gasteiger charge is 2.21. The molecule has 0 saturated carbocycles. The van der Waals surface area contributed by atoms with Gasteiger partial charge in [-0.15, -0.1) is 0 Å². The van der Waals surface area contributed by atoms with E-state index in [1.54, 1.807) is 0 Å². The van der Waals surface area contributed by atoms with Crippen molar-refractivity contribution in [3.8, 4) is 27.9 Å². The number of benzene rings is 8. The van der Waals surface area contributed by atoms with Gasteiger partial charge in [0.1, 0.15) is 16.7 Å². The SMILES string of the molecule is c1ccc(-n2c3ccccc3c3cc(-c4c5ccccc5c(-c5coc6cc7oc8ccccc8c7cc56)c5ccccc45)ccc32)cc1. The molecular weight excluding hydrogens is 599 g/mol. The van der Waals surface area contributed by atoms with E-state index in [1.165, 1.54) is 60.0 Å². The van der Waals surface area contributed by atoms with Crippen molar-refractivity contribution in [2.24, 2.45) is 0 Å². The van der Waals surface area contributed by atoms with Crippen LogP contribution in [-0.4, -0.2) is 4.57 Å². The van der Waals surface area contributed by atoms with E-state index >= 15 is 0 Å². The van der Waals surface area contributed by atoms with Gasteiger partial charge >= 0.3 is 0 Å². The van der Waals surface area contributed by atoms with Gasteiger partial charge in [0.25, 0.3) is 0 Å². The molecular formula is C46H27NO2. The minimum atomic E-state index is 0.819. The average molecular weight is 626 g/mol. The quantitative estimate of drug-likeness (QED) is 0.183. The first-order valence-electron chi connectivity index (χ1n) is 16.7. The monoisotopic (exact) mass is 625 g/mol. The average Bonchev–Trinajstić information content (AvgIpc) is 3.84. The normalized spacial score (nSPS) is 12.1. The van der Waals surface area contributed by atoms with Gasteiger partial charge in [-0.05, 0) is 75.1 Å². The highest BCUT2D eigenvalue weighted by atomic mass is 16.3. The minimum Gasteiger partial charge on any atom is -0.464 e. The van der Waals surface area contributed by atoms with Gasteiger partial charge in [0.05, 0.1) is 17.3 Å². The Labute approximate surface area is 280 Å². The van der Waals surface area contributed by atoms with Gasteiger partial charge in [-0.1, -0.05) is 109 Å². The van der Waals surface area contributed by atoms with E-state index in [4.69, 9.17) is 8.83 Å². The van der Waals surface area contributed by atoms with Crippen LogP contribution in [-0.2, 0) is 0 Å². The zero-order chi connectivity index (χ0) is 32.1. The fraction of sp³-hybridized carbons (Fsp3) is 0. The van der Waals surface area contributed by atoms with Gasteiger partial charge in [0.2, 0.25) is 0 Å². The molecule has 0 aliphatic heterocycles. The molecule has 0 atom stereocenters. The molecule has 0 radical (unpaired) electrons. The van der Waals surface area contributed by atoms with Crippen LogP contribution in [0, 0.1) is 0 Å². The second-order valence-electron chi connectivity index (χ2n) is 12.9. The standard InChI is InChI=1S/C46H27NO2/c1-2-12-29(13-3-1)47-40-20-10-8-14-30(40)36-24-28(22-23-41(36)47)45-32-16-4-6-18-34(32)46(35-19-7-5-17-33(35)45)39-27-48-43-26-44-37(25-38(39)43)31-15-9-11-21-42(31)49-44/h1-27H. The molecule has 11 aromatic rings. The number of furan rings is 2. The highest BCUT2D eigenvalue weighted by molar-refractivity contribution is 6.25. The van der Waals surface area contributed by atoms with Crippen molar-refractivity contribution >= 4 is 76.3 Å². The van der Waals surface area contributed by atoms with Crippen molar-refractivity contribution in [3.63, 3.8) is 0 Å². The molecule has 3 heterocycles. The summed E-state index contributed by atoms with van der Waals surface area (Å²) in [5, 5.41) is 10.6. The highest BCUT2D eigenvalue weighted by Crippen LogP contribution is 2.47. The fourth-order valence-electron chi connectivity index (χ4n) is 8.15. The van der Waals surface area contributed by atoms with Crippen molar-refractivity contribution in [3.05, 3.63) is 164 Å². The summed E-state index contributed by atoms with van der Waals surface area (Å²) < 4.78 is 14.9. The third kappa shape index (κ3) is 3.73. The molecule has 49 heavy (non-hydrogen) atoms. The van der Waals surface area contributed by atoms with Crippen LogP contribution in [0.4, 0.5) is 0 Å². The molecule has 0 N–H and O–H groups in total. The largest absolute Gasteiger partial charge is 0.464 e. The summed E-state index contributed by atoms with van der Waals surface area (Å²) in [6.07, 6.45) is 1.92. The third-order valence-electron chi connectivity index (χ3n) is 10.2. The molecule has 0 unspecified atom stereocenters. The number of fused-ring (bicyclic) bond motifs is 9. The minimum absolute atomic E-state index is 0.819. The lowest BCUT2D eigenvalue weighted by Gasteiger charge is -2.17. The first-order chi connectivity index (χ1) is 24.3. The number of hydrogen-bond donors (Lipinski definition) is 0. The van der Waals surface area contributed by atoms with Gasteiger partial charge in [0, 0.05) is 49.8 Å². The summed E-state index contributed by atoms with van der Waals surface area (Å²) in [4.78, 5) is 0. The Morgan fingerprint density at radius 2 is 0.980 bits per heavy atom. The Hall–Kier alpha value is -6.58. The molecule has 11 rings (SSSR count). The maximum atomic E-state index is 6.29. The molecule has 3 heteroatoms. The Bertz CT molecular complexity index is 3050. The lowest BCUT2D eigenvalue weighted by Crippen LogP contribution is -1.93. The summed E-state index contributed by atoms with van der Waals surface area (Å²) in [5.74, 6) is 0. The Morgan fingerprint density at radius 1 is 0.367 bits per heavy atom. The zero-order valence-electron chi connectivity index (χ0n) is 26.4. The van der Waals surface area contributed by atoms with Crippen molar-refractivity contribution in [2.45, 2.75) is 0 Å². The molecule has 0 amide bonds. The molecule has 8 aromatic carbocycles. The van der Waals surface area contributed by atoms with Crippen molar-refractivity contribution in [2.75, 3.05) is 0 Å². The summed E-state index contributed by atoms with van der Waals surface area (Å²) in [6.45, 7) is 0. The summed E-state index contributed by atoms with van der Waals surface area (Å²) in [7, 11) is 0. The van der Waals surface area contributed by atoms with Crippen LogP contribution in [0.15, 0.2) is 173 Å². The third-order valence-corrected chi connectivity index (χ3v) is 10.2. The number of para-hydroxylation sites is 3. The fourth-order valence-corrected chi connectivity index (χ4v) is 8.15. The number of rotatable bonds is 3. The zero-order valence-corrected chi connectivity index (χ0v) is 26.4.